The molecule has 0 aromatic carbocycles. The fraction of sp³-hybridized carbons (Fsp3) is 0.909. The lowest BCUT2D eigenvalue weighted by Crippen LogP contribution is -2.28. The van der Waals surface area contributed by atoms with Gasteiger partial charge in [-0.05, 0) is 44.0 Å². The van der Waals surface area contributed by atoms with E-state index in [0.29, 0.717) is 5.75 Å². The Morgan fingerprint density at radius 1 is 1.56 bits per heavy atom. The van der Waals surface area contributed by atoms with Gasteiger partial charge < -0.3 is 10.6 Å². The zero-order valence-electron chi connectivity index (χ0n) is 9.96. The highest BCUT2D eigenvalue weighted by atomic mass is 35.5. The van der Waals surface area contributed by atoms with Crippen molar-refractivity contribution >= 4 is 30.1 Å². The zero-order valence-corrected chi connectivity index (χ0v) is 11.6. The molecule has 0 aliphatic carbocycles. The smallest absolute Gasteiger partial charge is 0.229 e. The Hall–Kier alpha value is 0.0700. The van der Waals surface area contributed by atoms with Crippen molar-refractivity contribution in [1.82, 2.24) is 10.6 Å². The molecule has 5 heteroatoms. The minimum Gasteiger partial charge on any atom is -0.355 e. The van der Waals surface area contributed by atoms with E-state index in [-0.39, 0.29) is 18.3 Å². The summed E-state index contributed by atoms with van der Waals surface area (Å²) in [4.78, 5) is 11.3. The first-order valence-electron chi connectivity index (χ1n) is 5.88. The molecule has 1 fully saturated rings. The van der Waals surface area contributed by atoms with Crippen LogP contribution in [0.5, 0.6) is 0 Å². The lowest BCUT2D eigenvalue weighted by molar-refractivity contribution is -0.118. The van der Waals surface area contributed by atoms with Crippen LogP contribution in [0, 0.1) is 5.92 Å². The molecular formula is C11H23ClN2OS. The van der Waals surface area contributed by atoms with Gasteiger partial charge in [0, 0.05) is 6.54 Å². The first-order valence-corrected chi connectivity index (χ1v) is 7.03. The van der Waals surface area contributed by atoms with Crippen molar-refractivity contribution in [2.45, 2.75) is 26.2 Å². The van der Waals surface area contributed by atoms with E-state index in [1.54, 1.807) is 11.8 Å². The molecule has 1 unspecified atom stereocenters. The summed E-state index contributed by atoms with van der Waals surface area (Å²) < 4.78 is 0. The lowest BCUT2D eigenvalue weighted by Gasteiger charge is -2.09. The summed E-state index contributed by atoms with van der Waals surface area (Å²) in [5.41, 5.74) is 0. The van der Waals surface area contributed by atoms with Crippen molar-refractivity contribution in [2.75, 3.05) is 31.1 Å². The van der Waals surface area contributed by atoms with Crippen LogP contribution in [0.4, 0.5) is 0 Å². The molecular weight excluding hydrogens is 244 g/mol. The Labute approximate surface area is 109 Å². The first kappa shape index (κ1) is 16.1. The summed E-state index contributed by atoms with van der Waals surface area (Å²) in [5.74, 6) is 2.67. The topological polar surface area (TPSA) is 41.1 Å². The summed E-state index contributed by atoms with van der Waals surface area (Å²) in [7, 11) is 0. The molecule has 0 aromatic rings. The highest BCUT2D eigenvalue weighted by Crippen LogP contribution is 2.10. The number of carbonyl (C=O) groups excluding carboxylic acids is 1. The summed E-state index contributed by atoms with van der Waals surface area (Å²) in [5, 5.41) is 6.32. The van der Waals surface area contributed by atoms with Gasteiger partial charge in [-0.25, -0.2) is 0 Å². The second-order valence-electron chi connectivity index (χ2n) is 4.05. The van der Waals surface area contributed by atoms with E-state index >= 15 is 0 Å². The van der Waals surface area contributed by atoms with Crippen LogP contribution in [0.3, 0.4) is 0 Å². The van der Waals surface area contributed by atoms with E-state index in [2.05, 4.69) is 17.6 Å². The van der Waals surface area contributed by atoms with E-state index in [4.69, 9.17) is 0 Å². The summed E-state index contributed by atoms with van der Waals surface area (Å²) in [6.07, 6.45) is 3.53. The normalized spacial score (nSPS) is 19.2. The molecule has 1 heterocycles. The minimum atomic E-state index is 0. The molecule has 1 aliphatic heterocycles. The van der Waals surface area contributed by atoms with E-state index in [1.165, 1.54) is 6.42 Å². The van der Waals surface area contributed by atoms with E-state index < -0.39 is 0 Å². The second-order valence-corrected chi connectivity index (χ2v) is 5.16. The summed E-state index contributed by atoms with van der Waals surface area (Å²) >= 11 is 1.72. The van der Waals surface area contributed by atoms with Crippen LogP contribution in [-0.2, 0) is 4.79 Å². The predicted molar refractivity (Wildman–Crippen MR) is 73.5 cm³/mol. The maximum Gasteiger partial charge on any atom is 0.229 e. The average Bonchev–Trinajstić information content (AvgIpc) is 2.71. The van der Waals surface area contributed by atoms with Gasteiger partial charge in [-0.1, -0.05) is 6.92 Å². The van der Waals surface area contributed by atoms with Crippen LogP contribution < -0.4 is 10.6 Å². The van der Waals surface area contributed by atoms with Gasteiger partial charge >= 0.3 is 0 Å². The van der Waals surface area contributed by atoms with Crippen LogP contribution in [0.2, 0.25) is 0 Å². The van der Waals surface area contributed by atoms with Crippen LogP contribution in [-0.4, -0.2) is 37.0 Å². The van der Waals surface area contributed by atoms with Crippen LogP contribution >= 0.6 is 24.2 Å². The molecule has 1 aliphatic rings. The Morgan fingerprint density at radius 3 is 3.00 bits per heavy atom. The third-order valence-corrected chi connectivity index (χ3v) is 3.78. The molecule has 2 N–H and O–H groups in total. The van der Waals surface area contributed by atoms with Crippen molar-refractivity contribution in [3.63, 3.8) is 0 Å². The molecule has 1 rings (SSSR count). The van der Waals surface area contributed by atoms with E-state index in [9.17, 15) is 4.79 Å². The van der Waals surface area contributed by atoms with Crippen molar-refractivity contribution in [3.05, 3.63) is 0 Å². The first-order chi connectivity index (χ1) is 7.33. The van der Waals surface area contributed by atoms with Gasteiger partial charge in [0.05, 0.1) is 5.75 Å². The van der Waals surface area contributed by atoms with E-state index in [1.807, 2.05) is 0 Å². The van der Waals surface area contributed by atoms with Crippen molar-refractivity contribution < 1.29 is 4.79 Å². The quantitative estimate of drug-likeness (QED) is 0.689. The minimum absolute atomic E-state index is 0. The highest BCUT2D eigenvalue weighted by Gasteiger charge is 2.13. The van der Waals surface area contributed by atoms with Crippen molar-refractivity contribution in [3.8, 4) is 0 Å². The number of thioether (sulfide) groups is 1. The Kier molecular flexibility index (Phi) is 10.3. The molecule has 1 saturated heterocycles. The summed E-state index contributed by atoms with van der Waals surface area (Å²) in [6, 6.07) is 0. The van der Waals surface area contributed by atoms with Crippen LogP contribution in [0.25, 0.3) is 0 Å². The Bertz CT molecular complexity index is 187. The molecule has 16 heavy (non-hydrogen) atoms. The standard InChI is InChI=1S/C11H22N2OS.ClH/c1-2-7-15-9-11(14)13-6-4-10-3-5-12-8-10;/h10,12H,2-9H2,1H3,(H,13,14);1H. The highest BCUT2D eigenvalue weighted by molar-refractivity contribution is 7.99. The van der Waals surface area contributed by atoms with Gasteiger partial charge in [0.1, 0.15) is 0 Å². The molecule has 0 spiro atoms. The third kappa shape index (κ3) is 7.36. The van der Waals surface area contributed by atoms with Gasteiger partial charge in [0.2, 0.25) is 5.91 Å². The Balaban J connectivity index is 0.00000225. The monoisotopic (exact) mass is 266 g/mol. The van der Waals surface area contributed by atoms with Crippen molar-refractivity contribution in [1.29, 1.82) is 0 Å². The maximum atomic E-state index is 11.3. The van der Waals surface area contributed by atoms with Gasteiger partial charge in [0.25, 0.3) is 0 Å². The fourth-order valence-electron chi connectivity index (χ4n) is 1.74. The number of hydrogen-bond acceptors (Lipinski definition) is 3. The van der Waals surface area contributed by atoms with Crippen LogP contribution in [0.15, 0.2) is 0 Å². The SMILES string of the molecule is CCCSCC(=O)NCCC1CCNC1.Cl. The molecule has 1 amide bonds. The molecule has 0 radical (unpaired) electrons. The second kappa shape index (κ2) is 10.2. The third-order valence-electron chi connectivity index (χ3n) is 2.62. The molecule has 96 valence electrons. The Morgan fingerprint density at radius 2 is 2.38 bits per heavy atom. The average molecular weight is 267 g/mol. The van der Waals surface area contributed by atoms with Gasteiger partial charge in [0.15, 0.2) is 0 Å². The molecule has 0 saturated carbocycles. The number of amides is 1. The fourth-order valence-corrected chi connectivity index (χ4v) is 2.46. The molecule has 0 aromatic heterocycles. The largest absolute Gasteiger partial charge is 0.355 e. The van der Waals surface area contributed by atoms with Gasteiger partial charge in [-0.2, -0.15) is 11.8 Å². The number of hydrogen-bond donors (Lipinski definition) is 2. The zero-order chi connectivity index (χ0) is 10.9. The van der Waals surface area contributed by atoms with Crippen molar-refractivity contribution in [2.24, 2.45) is 5.92 Å². The van der Waals surface area contributed by atoms with Gasteiger partial charge in [-0.15, -0.1) is 12.4 Å². The molecule has 1 atom stereocenters. The predicted octanol–water partition coefficient (Wildman–Crippen LogP) is 1.67. The lowest BCUT2D eigenvalue weighted by atomic mass is 10.1. The summed E-state index contributed by atoms with van der Waals surface area (Å²) in [6.45, 7) is 5.25. The number of carbonyl (C=O) groups is 1. The molecule has 3 nitrogen and oxygen atoms in total. The number of halogens is 1. The van der Waals surface area contributed by atoms with Crippen LogP contribution in [0.1, 0.15) is 26.2 Å². The number of rotatable bonds is 7. The van der Waals surface area contributed by atoms with E-state index in [0.717, 1.165) is 44.1 Å². The molecule has 0 bridgehead atoms. The number of nitrogens with one attached hydrogen (secondary N) is 2. The maximum absolute atomic E-state index is 11.3. The van der Waals surface area contributed by atoms with Gasteiger partial charge in [-0.3, -0.25) is 4.79 Å².